The molecule has 0 spiro atoms. The molecule has 0 aromatic carbocycles. The molecule has 1 unspecified atom stereocenters. The zero-order chi connectivity index (χ0) is 12.3. The van der Waals surface area contributed by atoms with Gasteiger partial charge in [-0.1, -0.05) is 0 Å². The lowest BCUT2D eigenvalue weighted by Crippen LogP contribution is -2.31. The summed E-state index contributed by atoms with van der Waals surface area (Å²) < 4.78 is 26.5. The molecule has 1 heterocycles. The second-order valence-corrected chi connectivity index (χ2v) is 6.04. The van der Waals surface area contributed by atoms with Crippen molar-refractivity contribution in [3.63, 3.8) is 0 Å². The molecular formula is C9H17BO5P-. The van der Waals surface area contributed by atoms with Gasteiger partial charge in [-0.25, -0.2) is 0 Å². The van der Waals surface area contributed by atoms with E-state index in [1.807, 2.05) is 13.8 Å². The minimum Gasteiger partial charge on any atom is -0.779 e. The molecule has 1 aliphatic rings. The SMILES string of the molecule is [B][C@H]1C[C@@H](OC(C)C)[C@@H](COP(C)(=O)[O-])O1. The van der Waals surface area contributed by atoms with Crippen molar-refractivity contribution in [1.29, 1.82) is 0 Å². The van der Waals surface area contributed by atoms with Crippen LogP contribution in [0.1, 0.15) is 20.3 Å². The maximum Gasteiger partial charge on any atom is 0.131 e. The van der Waals surface area contributed by atoms with E-state index in [4.69, 9.17) is 21.8 Å². The number of rotatable bonds is 5. The second kappa shape index (κ2) is 5.65. The Hall–Kier alpha value is 0.135. The van der Waals surface area contributed by atoms with Gasteiger partial charge < -0.3 is 23.5 Å². The lowest BCUT2D eigenvalue weighted by Gasteiger charge is -2.24. The highest BCUT2D eigenvalue weighted by Crippen LogP contribution is 2.33. The zero-order valence-electron chi connectivity index (χ0n) is 9.79. The van der Waals surface area contributed by atoms with Crippen molar-refractivity contribution in [1.82, 2.24) is 0 Å². The average Bonchev–Trinajstić information content (AvgIpc) is 2.40. The standard InChI is InChI=1S/C9H18BO5P/c1-6(2)14-7-4-9(10)15-8(7)5-13-16(3,11)12/h6-9H,4-5H2,1-3H3,(H,11,12)/p-1/t7-,8-,9-/m1/s1. The van der Waals surface area contributed by atoms with Crippen molar-refractivity contribution in [3.8, 4) is 0 Å². The van der Waals surface area contributed by atoms with Crippen LogP contribution in [-0.4, -0.2) is 45.4 Å². The van der Waals surface area contributed by atoms with Gasteiger partial charge in [-0.2, -0.15) is 0 Å². The fraction of sp³-hybridized carbons (Fsp3) is 1.00. The van der Waals surface area contributed by atoms with Gasteiger partial charge in [0.2, 0.25) is 0 Å². The van der Waals surface area contributed by atoms with E-state index in [2.05, 4.69) is 0 Å². The van der Waals surface area contributed by atoms with Crippen LogP contribution in [0.3, 0.4) is 0 Å². The molecule has 4 atom stereocenters. The Bertz CT molecular complexity index is 267. The van der Waals surface area contributed by atoms with E-state index in [9.17, 15) is 9.46 Å². The molecule has 2 radical (unpaired) electrons. The van der Waals surface area contributed by atoms with Gasteiger partial charge >= 0.3 is 0 Å². The molecule has 7 heteroatoms. The highest BCUT2D eigenvalue weighted by molar-refractivity contribution is 7.50. The lowest BCUT2D eigenvalue weighted by molar-refractivity contribution is -0.199. The molecule has 1 aliphatic heterocycles. The third-order valence-corrected chi connectivity index (χ3v) is 2.77. The van der Waals surface area contributed by atoms with Crippen LogP contribution in [-0.2, 0) is 18.6 Å². The first kappa shape index (κ1) is 14.2. The van der Waals surface area contributed by atoms with Crippen molar-refractivity contribution >= 4 is 15.4 Å². The lowest BCUT2D eigenvalue weighted by atomic mass is 9.96. The third-order valence-electron chi connectivity index (χ3n) is 2.15. The monoisotopic (exact) mass is 247 g/mol. The molecule has 0 amide bonds. The summed E-state index contributed by atoms with van der Waals surface area (Å²) in [6.45, 7) is 4.79. The van der Waals surface area contributed by atoms with Gasteiger partial charge in [-0.3, -0.25) is 0 Å². The molecule has 0 aromatic rings. The Morgan fingerprint density at radius 1 is 1.62 bits per heavy atom. The van der Waals surface area contributed by atoms with Crippen LogP contribution < -0.4 is 4.89 Å². The predicted molar refractivity (Wildman–Crippen MR) is 58.5 cm³/mol. The summed E-state index contributed by atoms with van der Waals surface area (Å²) in [5, 5.41) is 0. The Morgan fingerprint density at radius 3 is 2.75 bits per heavy atom. The summed E-state index contributed by atoms with van der Waals surface area (Å²) in [5.74, 6) is 0. The van der Waals surface area contributed by atoms with Crippen LogP contribution in [0.25, 0.3) is 0 Å². The molecule has 0 N–H and O–H groups in total. The summed E-state index contributed by atoms with van der Waals surface area (Å²) in [6.07, 6.45) is -0.0257. The summed E-state index contributed by atoms with van der Waals surface area (Å²) in [4.78, 5) is 10.9. The molecule has 1 fully saturated rings. The Kier molecular flexibility index (Phi) is 5.01. The van der Waals surface area contributed by atoms with Crippen LogP contribution in [0, 0.1) is 0 Å². The third kappa shape index (κ3) is 4.98. The largest absolute Gasteiger partial charge is 0.779 e. The Labute approximate surface area is 97.4 Å². The van der Waals surface area contributed by atoms with Crippen LogP contribution in [0.4, 0.5) is 0 Å². The fourth-order valence-corrected chi connectivity index (χ4v) is 2.01. The maximum atomic E-state index is 10.9. The molecule has 0 saturated carbocycles. The van der Waals surface area contributed by atoms with E-state index < -0.39 is 19.7 Å². The van der Waals surface area contributed by atoms with Gasteiger partial charge in [-0.15, -0.1) is 0 Å². The van der Waals surface area contributed by atoms with E-state index in [0.717, 1.165) is 6.66 Å². The molecule has 92 valence electrons. The highest BCUT2D eigenvalue weighted by Gasteiger charge is 2.34. The smallest absolute Gasteiger partial charge is 0.131 e. The van der Waals surface area contributed by atoms with E-state index in [1.54, 1.807) is 0 Å². The van der Waals surface area contributed by atoms with Crippen LogP contribution in [0.5, 0.6) is 0 Å². The minimum atomic E-state index is -3.73. The normalized spacial score (nSPS) is 34.2. The Morgan fingerprint density at radius 2 is 2.25 bits per heavy atom. The molecule has 1 rings (SSSR count). The van der Waals surface area contributed by atoms with Crippen LogP contribution >= 0.6 is 7.60 Å². The van der Waals surface area contributed by atoms with Crippen LogP contribution in [0.2, 0.25) is 0 Å². The zero-order valence-corrected chi connectivity index (χ0v) is 10.7. The van der Waals surface area contributed by atoms with Gasteiger partial charge in [0.05, 0.1) is 18.8 Å². The van der Waals surface area contributed by atoms with Crippen molar-refractivity contribution in [2.24, 2.45) is 0 Å². The molecule has 16 heavy (non-hydrogen) atoms. The van der Waals surface area contributed by atoms with Crippen LogP contribution in [0.15, 0.2) is 0 Å². The van der Waals surface area contributed by atoms with Crippen molar-refractivity contribution in [2.75, 3.05) is 13.3 Å². The van der Waals surface area contributed by atoms with Gasteiger partial charge in [-0.05, 0) is 20.3 Å². The minimum absolute atomic E-state index is 0.0393. The molecular weight excluding hydrogens is 230 g/mol. The average molecular weight is 247 g/mol. The summed E-state index contributed by atoms with van der Waals surface area (Å²) in [7, 11) is 1.90. The van der Waals surface area contributed by atoms with Crippen molar-refractivity contribution in [3.05, 3.63) is 0 Å². The summed E-state index contributed by atoms with van der Waals surface area (Å²) in [6, 6.07) is -0.416. The first-order chi connectivity index (χ1) is 7.28. The summed E-state index contributed by atoms with van der Waals surface area (Å²) in [5.41, 5.74) is 0. The predicted octanol–water partition coefficient (Wildman–Crippen LogP) is 0.263. The van der Waals surface area contributed by atoms with Crippen molar-refractivity contribution in [2.45, 2.75) is 44.6 Å². The molecule has 5 nitrogen and oxygen atoms in total. The van der Waals surface area contributed by atoms with Gasteiger partial charge in [0.25, 0.3) is 0 Å². The Balaban J connectivity index is 2.46. The first-order valence-corrected chi connectivity index (χ1v) is 7.26. The topological polar surface area (TPSA) is 67.8 Å². The maximum absolute atomic E-state index is 10.9. The quantitative estimate of drug-likeness (QED) is 0.515. The van der Waals surface area contributed by atoms with E-state index in [-0.39, 0.29) is 18.8 Å². The molecule has 1 saturated heterocycles. The molecule has 0 bridgehead atoms. The van der Waals surface area contributed by atoms with Gasteiger partial charge in [0.1, 0.15) is 21.5 Å². The first-order valence-electron chi connectivity index (χ1n) is 5.27. The highest BCUT2D eigenvalue weighted by atomic mass is 31.2. The van der Waals surface area contributed by atoms with E-state index in [1.165, 1.54) is 0 Å². The van der Waals surface area contributed by atoms with E-state index >= 15 is 0 Å². The number of hydrogen-bond donors (Lipinski definition) is 0. The molecule has 0 aliphatic carbocycles. The summed E-state index contributed by atoms with van der Waals surface area (Å²) >= 11 is 0. The molecule has 0 aromatic heterocycles. The fourth-order valence-electron chi connectivity index (χ4n) is 1.60. The van der Waals surface area contributed by atoms with Gasteiger partial charge in [0, 0.05) is 12.7 Å². The second-order valence-electron chi connectivity index (χ2n) is 4.24. The number of ether oxygens (including phenoxy) is 2. The van der Waals surface area contributed by atoms with E-state index in [0.29, 0.717) is 6.42 Å². The number of hydrogen-bond acceptors (Lipinski definition) is 5. The van der Waals surface area contributed by atoms with Crippen molar-refractivity contribution < 1.29 is 23.5 Å². The van der Waals surface area contributed by atoms with Gasteiger partial charge in [0.15, 0.2) is 0 Å².